The molecule has 1 heterocycles. The zero-order valence-corrected chi connectivity index (χ0v) is 13.5. The summed E-state index contributed by atoms with van der Waals surface area (Å²) in [5.74, 6) is 0.469. The first-order valence-corrected chi connectivity index (χ1v) is 7.63. The van der Waals surface area contributed by atoms with Gasteiger partial charge in [0.25, 0.3) is 0 Å². The predicted octanol–water partition coefficient (Wildman–Crippen LogP) is 1.58. The largest absolute Gasteiger partial charge is 0.496 e. The van der Waals surface area contributed by atoms with E-state index in [2.05, 4.69) is 0 Å². The maximum absolute atomic E-state index is 12.5. The van der Waals surface area contributed by atoms with Crippen LogP contribution < -0.4 is 10.5 Å². The molecule has 1 saturated heterocycles. The zero-order valence-electron chi connectivity index (χ0n) is 13.5. The van der Waals surface area contributed by atoms with Gasteiger partial charge in [-0.25, -0.2) is 0 Å². The van der Waals surface area contributed by atoms with Gasteiger partial charge in [-0.1, -0.05) is 6.07 Å². The molecule has 0 aliphatic carbocycles. The molecule has 1 aromatic rings. The zero-order chi connectivity index (χ0) is 16.3. The van der Waals surface area contributed by atoms with Crippen molar-refractivity contribution in [3.63, 3.8) is 0 Å². The number of ether oxygens (including phenoxy) is 1. The molecule has 1 aromatic carbocycles. The normalized spacial score (nSPS) is 15.7. The summed E-state index contributed by atoms with van der Waals surface area (Å²) in [4.78, 5) is 25.5. The van der Waals surface area contributed by atoms with Crippen molar-refractivity contribution >= 4 is 11.8 Å². The van der Waals surface area contributed by atoms with E-state index in [0.29, 0.717) is 32.4 Å². The van der Waals surface area contributed by atoms with Crippen LogP contribution in [0.15, 0.2) is 12.1 Å². The molecule has 0 atom stereocenters. The number of rotatable bonds is 4. The van der Waals surface area contributed by atoms with Crippen molar-refractivity contribution in [2.45, 2.75) is 33.1 Å². The molecule has 0 unspecified atom stereocenters. The predicted molar refractivity (Wildman–Crippen MR) is 84.7 cm³/mol. The van der Waals surface area contributed by atoms with Crippen LogP contribution in [0.1, 0.15) is 29.5 Å². The summed E-state index contributed by atoms with van der Waals surface area (Å²) < 4.78 is 5.39. The van der Waals surface area contributed by atoms with E-state index in [1.807, 2.05) is 30.9 Å². The second-order valence-electron chi connectivity index (χ2n) is 5.98. The second-order valence-corrected chi connectivity index (χ2v) is 5.98. The molecule has 2 N–H and O–H groups in total. The van der Waals surface area contributed by atoms with Crippen molar-refractivity contribution in [3.05, 3.63) is 28.8 Å². The van der Waals surface area contributed by atoms with Gasteiger partial charge in [-0.2, -0.15) is 0 Å². The second kappa shape index (κ2) is 6.81. The summed E-state index contributed by atoms with van der Waals surface area (Å²) in [6, 6.07) is 3.99. The number of carbonyl (C=O) groups excluding carboxylic acids is 2. The Hall–Kier alpha value is -2.04. The van der Waals surface area contributed by atoms with Crippen LogP contribution in [0.2, 0.25) is 0 Å². The minimum atomic E-state index is -0.261. The lowest BCUT2D eigenvalue weighted by atomic mass is 9.95. The summed E-state index contributed by atoms with van der Waals surface area (Å²) in [6.07, 6.45) is 1.64. The fraction of sp³-hybridized carbons (Fsp3) is 0.529. The number of piperidine rings is 1. The van der Waals surface area contributed by atoms with E-state index in [-0.39, 0.29) is 17.7 Å². The van der Waals surface area contributed by atoms with Crippen LogP contribution in [0, 0.1) is 19.8 Å². The maximum Gasteiger partial charge on any atom is 0.227 e. The standard InChI is InChI=1S/C17H24N2O3/c1-11-8-14(15(22-3)9-12(11)2)10-16(20)19-6-4-13(5-7-19)17(18)21/h8-9,13H,4-7,10H2,1-3H3,(H2,18,21). The van der Waals surface area contributed by atoms with Gasteiger partial charge in [0.05, 0.1) is 13.5 Å². The molecule has 120 valence electrons. The molecule has 0 spiro atoms. The number of hydrogen-bond donors (Lipinski definition) is 1. The molecule has 5 nitrogen and oxygen atoms in total. The van der Waals surface area contributed by atoms with Crippen molar-refractivity contribution < 1.29 is 14.3 Å². The van der Waals surface area contributed by atoms with Crippen LogP contribution in [0.5, 0.6) is 5.75 Å². The van der Waals surface area contributed by atoms with Crippen molar-refractivity contribution in [1.82, 2.24) is 4.90 Å². The Morgan fingerprint density at radius 2 is 1.82 bits per heavy atom. The number of amides is 2. The molecular weight excluding hydrogens is 280 g/mol. The van der Waals surface area contributed by atoms with Crippen LogP contribution in [-0.2, 0) is 16.0 Å². The summed E-state index contributed by atoms with van der Waals surface area (Å²) in [6.45, 7) is 5.25. The molecule has 0 bridgehead atoms. The minimum absolute atomic E-state index is 0.0736. The molecule has 5 heteroatoms. The third-order valence-electron chi connectivity index (χ3n) is 4.49. The summed E-state index contributed by atoms with van der Waals surface area (Å²) in [5.41, 5.74) is 8.53. The number of nitrogens with two attached hydrogens (primary N) is 1. The Labute approximate surface area is 131 Å². The highest BCUT2D eigenvalue weighted by atomic mass is 16.5. The minimum Gasteiger partial charge on any atom is -0.496 e. The highest BCUT2D eigenvalue weighted by Gasteiger charge is 2.26. The van der Waals surface area contributed by atoms with Gasteiger partial charge < -0.3 is 15.4 Å². The van der Waals surface area contributed by atoms with Gasteiger partial charge >= 0.3 is 0 Å². The summed E-state index contributed by atoms with van der Waals surface area (Å²) in [5, 5.41) is 0. The highest BCUT2D eigenvalue weighted by Crippen LogP contribution is 2.25. The summed E-state index contributed by atoms with van der Waals surface area (Å²) >= 11 is 0. The van der Waals surface area contributed by atoms with Crippen LogP contribution in [0.25, 0.3) is 0 Å². The van der Waals surface area contributed by atoms with Gasteiger partial charge in [0.1, 0.15) is 5.75 Å². The van der Waals surface area contributed by atoms with E-state index in [1.165, 1.54) is 0 Å². The van der Waals surface area contributed by atoms with E-state index in [4.69, 9.17) is 10.5 Å². The number of carbonyl (C=O) groups is 2. The van der Waals surface area contributed by atoms with E-state index >= 15 is 0 Å². The maximum atomic E-state index is 12.5. The Morgan fingerprint density at radius 3 is 2.36 bits per heavy atom. The van der Waals surface area contributed by atoms with Gasteiger partial charge in [-0.05, 0) is 43.9 Å². The Morgan fingerprint density at radius 1 is 1.23 bits per heavy atom. The first-order chi connectivity index (χ1) is 10.4. The fourth-order valence-corrected chi connectivity index (χ4v) is 2.87. The molecule has 1 fully saturated rings. The lowest BCUT2D eigenvalue weighted by Crippen LogP contribution is -2.42. The smallest absolute Gasteiger partial charge is 0.227 e. The first-order valence-electron chi connectivity index (χ1n) is 7.63. The molecule has 1 aliphatic rings. The number of hydrogen-bond acceptors (Lipinski definition) is 3. The van der Waals surface area contributed by atoms with Crippen LogP contribution in [-0.4, -0.2) is 36.9 Å². The quantitative estimate of drug-likeness (QED) is 0.918. The van der Waals surface area contributed by atoms with Crippen molar-refractivity contribution in [1.29, 1.82) is 0 Å². The number of benzene rings is 1. The fourth-order valence-electron chi connectivity index (χ4n) is 2.87. The average molecular weight is 304 g/mol. The highest BCUT2D eigenvalue weighted by molar-refractivity contribution is 5.81. The molecule has 22 heavy (non-hydrogen) atoms. The van der Waals surface area contributed by atoms with Gasteiger partial charge in [0.2, 0.25) is 11.8 Å². The molecule has 1 aliphatic heterocycles. The Balaban J connectivity index is 2.04. The van der Waals surface area contributed by atoms with Crippen molar-refractivity contribution in [3.8, 4) is 5.75 Å². The third kappa shape index (κ3) is 3.59. The van der Waals surface area contributed by atoms with Gasteiger partial charge in [0.15, 0.2) is 0 Å². The Kier molecular flexibility index (Phi) is 5.06. The number of primary amides is 1. The van der Waals surface area contributed by atoms with E-state index < -0.39 is 0 Å². The van der Waals surface area contributed by atoms with Crippen molar-refractivity contribution in [2.24, 2.45) is 11.7 Å². The topological polar surface area (TPSA) is 72.6 Å². The van der Waals surface area contributed by atoms with Crippen molar-refractivity contribution in [2.75, 3.05) is 20.2 Å². The monoisotopic (exact) mass is 304 g/mol. The lowest BCUT2D eigenvalue weighted by molar-refractivity contribution is -0.134. The molecule has 0 radical (unpaired) electrons. The molecule has 2 amide bonds. The van der Waals surface area contributed by atoms with Gasteiger partial charge in [0, 0.05) is 24.6 Å². The lowest BCUT2D eigenvalue weighted by Gasteiger charge is -2.30. The average Bonchev–Trinajstić information content (AvgIpc) is 2.50. The van der Waals surface area contributed by atoms with Gasteiger partial charge in [-0.15, -0.1) is 0 Å². The van der Waals surface area contributed by atoms with E-state index in [0.717, 1.165) is 22.4 Å². The van der Waals surface area contributed by atoms with Crippen LogP contribution >= 0.6 is 0 Å². The van der Waals surface area contributed by atoms with Crippen LogP contribution in [0.3, 0.4) is 0 Å². The molecule has 0 saturated carbocycles. The van der Waals surface area contributed by atoms with Gasteiger partial charge in [-0.3, -0.25) is 9.59 Å². The molecule has 2 rings (SSSR count). The third-order valence-corrected chi connectivity index (χ3v) is 4.49. The summed E-state index contributed by atoms with van der Waals surface area (Å²) in [7, 11) is 1.62. The SMILES string of the molecule is COc1cc(C)c(C)cc1CC(=O)N1CCC(C(N)=O)CC1. The Bertz CT molecular complexity index is 576. The van der Waals surface area contributed by atoms with E-state index in [1.54, 1.807) is 7.11 Å². The number of aryl methyl sites for hydroxylation is 2. The number of nitrogens with zero attached hydrogens (tertiary/aromatic N) is 1. The van der Waals surface area contributed by atoms with Crippen LogP contribution in [0.4, 0.5) is 0 Å². The number of likely N-dealkylation sites (tertiary alicyclic amines) is 1. The molecular formula is C17H24N2O3. The van der Waals surface area contributed by atoms with E-state index in [9.17, 15) is 9.59 Å². The first kappa shape index (κ1) is 16.3. The number of methoxy groups -OCH3 is 1. The molecule has 0 aromatic heterocycles.